The van der Waals surface area contributed by atoms with Gasteiger partial charge in [0.15, 0.2) is 0 Å². The van der Waals surface area contributed by atoms with Crippen LogP contribution in [0.2, 0.25) is 0 Å². The number of nitrogens with zero attached hydrogens (tertiary/aromatic N) is 2. The summed E-state index contributed by atoms with van der Waals surface area (Å²) in [6, 6.07) is 4.10. The van der Waals surface area contributed by atoms with Gasteiger partial charge in [0.1, 0.15) is 11.6 Å². The van der Waals surface area contributed by atoms with Crippen LogP contribution in [-0.4, -0.2) is 9.36 Å². The molecule has 5 heteroatoms. The third kappa shape index (κ3) is 3.11. The van der Waals surface area contributed by atoms with Crippen molar-refractivity contribution < 1.29 is 4.74 Å². The molecule has 2 rings (SSSR count). The van der Waals surface area contributed by atoms with E-state index in [1.165, 1.54) is 11.5 Å². The van der Waals surface area contributed by atoms with E-state index < -0.39 is 0 Å². The molecule has 4 nitrogen and oxygen atoms in total. The molecule has 2 aromatic rings. The van der Waals surface area contributed by atoms with E-state index in [9.17, 15) is 0 Å². The van der Waals surface area contributed by atoms with E-state index in [4.69, 9.17) is 10.5 Å². The second-order valence-corrected chi connectivity index (χ2v) is 5.65. The second kappa shape index (κ2) is 5.67. The van der Waals surface area contributed by atoms with Crippen LogP contribution in [0, 0.1) is 13.8 Å². The Morgan fingerprint density at radius 2 is 1.89 bits per heavy atom. The summed E-state index contributed by atoms with van der Waals surface area (Å²) in [6.07, 6.45) is 0. The third-order valence-electron chi connectivity index (χ3n) is 2.88. The zero-order valence-corrected chi connectivity index (χ0v) is 12.5. The first kappa shape index (κ1) is 14.0. The Morgan fingerprint density at radius 3 is 2.37 bits per heavy atom. The summed E-state index contributed by atoms with van der Waals surface area (Å²) in [4.78, 5) is 4.39. The molecule has 0 radical (unpaired) electrons. The quantitative estimate of drug-likeness (QED) is 0.928. The molecule has 1 aromatic carbocycles. The molecule has 0 saturated heterocycles. The predicted molar refractivity (Wildman–Crippen MR) is 77.9 cm³/mol. The van der Waals surface area contributed by atoms with Crippen LogP contribution in [0.4, 0.5) is 0 Å². The lowest BCUT2D eigenvalue weighted by molar-refractivity contribution is 0.468. The molecular formula is C14H19N3OS. The fourth-order valence-electron chi connectivity index (χ4n) is 1.90. The molecule has 0 bridgehead atoms. The Balaban J connectivity index is 2.27. The van der Waals surface area contributed by atoms with Crippen LogP contribution in [0.3, 0.4) is 0 Å². The summed E-state index contributed by atoms with van der Waals surface area (Å²) < 4.78 is 10.2. The van der Waals surface area contributed by atoms with Gasteiger partial charge in [-0.2, -0.15) is 9.36 Å². The minimum absolute atomic E-state index is 0.315. The van der Waals surface area contributed by atoms with Crippen molar-refractivity contribution in [3.05, 3.63) is 34.6 Å². The Morgan fingerprint density at radius 1 is 1.26 bits per heavy atom. The van der Waals surface area contributed by atoms with Gasteiger partial charge < -0.3 is 10.5 Å². The highest BCUT2D eigenvalue weighted by molar-refractivity contribution is 7.07. The van der Waals surface area contributed by atoms with Crippen molar-refractivity contribution in [2.24, 2.45) is 5.73 Å². The highest BCUT2D eigenvalue weighted by atomic mass is 32.1. The normalized spacial score (nSPS) is 11.1. The van der Waals surface area contributed by atoms with Gasteiger partial charge in [-0.15, -0.1) is 0 Å². The molecule has 0 fully saturated rings. The van der Waals surface area contributed by atoms with E-state index in [1.807, 2.05) is 26.0 Å². The number of nitrogens with two attached hydrogens (primary N) is 1. The van der Waals surface area contributed by atoms with E-state index >= 15 is 0 Å². The molecule has 0 atom stereocenters. The molecule has 0 unspecified atom stereocenters. The van der Waals surface area contributed by atoms with E-state index in [0.717, 1.165) is 28.3 Å². The van der Waals surface area contributed by atoms with E-state index in [1.54, 1.807) is 0 Å². The number of benzene rings is 1. The predicted octanol–water partition coefficient (Wildman–Crippen LogP) is 3.53. The van der Waals surface area contributed by atoms with Gasteiger partial charge >= 0.3 is 0 Å². The third-order valence-corrected chi connectivity index (χ3v) is 3.49. The smallest absolute Gasteiger partial charge is 0.298 e. The summed E-state index contributed by atoms with van der Waals surface area (Å²) in [7, 11) is 0. The molecule has 0 amide bonds. The van der Waals surface area contributed by atoms with Gasteiger partial charge in [-0.05, 0) is 30.5 Å². The van der Waals surface area contributed by atoms with Gasteiger partial charge in [0, 0.05) is 24.0 Å². The lowest BCUT2D eigenvalue weighted by Gasteiger charge is -2.11. The lowest BCUT2D eigenvalue weighted by Crippen LogP contribution is -1.99. The SMILES string of the molecule is Cc1cc(CN)cc(C)c1Oc1nc(C(C)C)ns1. The van der Waals surface area contributed by atoms with Gasteiger partial charge in [-0.3, -0.25) is 0 Å². The molecule has 1 heterocycles. The fraction of sp³-hybridized carbons (Fsp3) is 0.429. The van der Waals surface area contributed by atoms with Crippen molar-refractivity contribution >= 4 is 11.5 Å². The van der Waals surface area contributed by atoms with Gasteiger partial charge in [-0.25, -0.2) is 0 Å². The maximum Gasteiger partial charge on any atom is 0.298 e. The Bertz CT molecular complexity index is 555. The fourth-order valence-corrected chi connectivity index (χ4v) is 2.58. The van der Waals surface area contributed by atoms with Crippen molar-refractivity contribution in [2.45, 2.75) is 40.2 Å². The summed E-state index contributed by atoms with van der Waals surface area (Å²) >= 11 is 1.29. The Hall–Kier alpha value is -1.46. The van der Waals surface area contributed by atoms with Crippen LogP contribution >= 0.6 is 11.5 Å². The number of ether oxygens (including phenoxy) is 1. The minimum Gasteiger partial charge on any atom is -0.429 e. The van der Waals surface area contributed by atoms with Gasteiger partial charge in [0.05, 0.1) is 0 Å². The molecule has 0 saturated carbocycles. The monoisotopic (exact) mass is 277 g/mol. The molecule has 102 valence electrons. The molecule has 0 aliphatic carbocycles. The maximum atomic E-state index is 5.87. The zero-order valence-electron chi connectivity index (χ0n) is 11.7. The Labute approximate surface area is 117 Å². The average Bonchev–Trinajstić information content (AvgIpc) is 2.82. The maximum absolute atomic E-state index is 5.87. The van der Waals surface area contributed by atoms with Gasteiger partial charge in [-0.1, -0.05) is 26.0 Å². The number of hydrogen-bond acceptors (Lipinski definition) is 5. The largest absolute Gasteiger partial charge is 0.429 e. The molecule has 0 aliphatic rings. The molecule has 0 spiro atoms. The van der Waals surface area contributed by atoms with Crippen molar-refractivity contribution in [1.29, 1.82) is 0 Å². The van der Waals surface area contributed by atoms with E-state index in [-0.39, 0.29) is 0 Å². The second-order valence-electron chi connectivity index (χ2n) is 4.94. The number of aryl methyl sites for hydroxylation is 2. The first-order valence-electron chi connectivity index (χ1n) is 6.33. The highest BCUT2D eigenvalue weighted by Crippen LogP contribution is 2.31. The van der Waals surface area contributed by atoms with E-state index in [2.05, 4.69) is 23.2 Å². The van der Waals surface area contributed by atoms with Crippen molar-refractivity contribution in [2.75, 3.05) is 0 Å². The highest BCUT2D eigenvalue weighted by Gasteiger charge is 2.12. The summed E-state index contributed by atoms with van der Waals surface area (Å²) in [5.41, 5.74) is 8.92. The molecular weight excluding hydrogens is 258 g/mol. The zero-order chi connectivity index (χ0) is 14.0. The van der Waals surface area contributed by atoms with Crippen molar-refractivity contribution in [1.82, 2.24) is 9.36 Å². The first-order chi connectivity index (χ1) is 9.01. The Kier molecular flexibility index (Phi) is 4.17. The first-order valence-corrected chi connectivity index (χ1v) is 7.10. The van der Waals surface area contributed by atoms with Gasteiger partial charge in [0.25, 0.3) is 5.19 Å². The summed E-state index contributed by atoms with van der Waals surface area (Å²) in [5, 5.41) is 0.593. The van der Waals surface area contributed by atoms with E-state index in [0.29, 0.717) is 17.7 Å². The number of aromatic nitrogens is 2. The van der Waals surface area contributed by atoms with Crippen LogP contribution in [0.1, 0.15) is 42.3 Å². The molecule has 19 heavy (non-hydrogen) atoms. The van der Waals surface area contributed by atoms with Crippen molar-refractivity contribution in [3.63, 3.8) is 0 Å². The van der Waals surface area contributed by atoms with Crippen LogP contribution in [0.25, 0.3) is 0 Å². The lowest BCUT2D eigenvalue weighted by atomic mass is 10.1. The van der Waals surface area contributed by atoms with Crippen molar-refractivity contribution in [3.8, 4) is 10.9 Å². The van der Waals surface area contributed by atoms with Crippen LogP contribution in [-0.2, 0) is 6.54 Å². The standard InChI is InChI=1S/C14H19N3OS/c1-8(2)13-16-14(19-17-13)18-12-9(3)5-11(7-15)6-10(12)4/h5-6,8H,7,15H2,1-4H3. The molecule has 2 N–H and O–H groups in total. The van der Waals surface area contributed by atoms with Crippen LogP contribution in [0.5, 0.6) is 10.9 Å². The molecule has 0 aliphatic heterocycles. The molecule has 1 aromatic heterocycles. The number of hydrogen-bond donors (Lipinski definition) is 1. The minimum atomic E-state index is 0.315. The summed E-state index contributed by atoms with van der Waals surface area (Å²) in [5.74, 6) is 1.99. The summed E-state index contributed by atoms with van der Waals surface area (Å²) in [6.45, 7) is 8.72. The number of rotatable bonds is 4. The van der Waals surface area contributed by atoms with Crippen LogP contribution in [0.15, 0.2) is 12.1 Å². The topological polar surface area (TPSA) is 61.0 Å². The average molecular weight is 277 g/mol. The van der Waals surface area contributed by atoms with Gasteiger partial charge in [0.2, 0.25) is 0 Å². The van der Waals surface area contributed by atoms with Crippen LogP contribution < -0.4 is 10.5 Å².